The minimum Gasteiger partial charge on any atom is -0.378 e. The molecule has 7 heteroatoms. The molecular weight excluding hydrogens is 246 g/mol. The maximum atomic E-state index is 12.4. The van der Waals surface area contributed by atoms with Gasteiger partial charge in [-0.3, -0.25) is 10.6 Å². The van der Waals surface area contributed by atoms with E-state index in [1.54, 1.807) is 11.1 Å². The lowest BCUT2D eigenvalue weighted by Gasteiger charge is -2.27. The summed E-state index contributed by atoms with van der Waals surface area (Å²) in [6, 6.07) is 0. The average Bonchev–Trinajstić information content (AvgIpc) is 2.46. The number of hydrogen-bond acceptors (Lipinski definition) is 6. The second-order valence-corrected chi connectivity index (χ2v) is 4.69. The number of nitrogens with two attached hydrogens (primary N) is 1. The third-order valence-electron chi connectivity index (χ3n) is 2.98. The lowest BCUT2D eigenvalue weighted by Crippen LogP contribution is -2.41. The van der Waals surface area contributed by atoms with Crippen LogP contribution in [0, 0.1) is 0 Å². The fourth-order valence-electron chi connectivity index (χ4n) is 1.86. The first-order valence-corrected chi connectivity index (χ1v) is 6.34. The third kappa shape index (κ3) is 2.99. The Balaban J connectivity index is 2.29. The van der Waals surface area contributed by atoms with Crippen LogP contribution in [-0.2, 0) is 4.74 Å². The lowest BCUT2D eigenvalue weighted by molar-refractivity contribution is 0.0299. The van der Waals surface area contributed by atoms with E-state index >= 15 is 0 Å². The van der Waals surface area contributed by atoms with Crippen LogP contribution in [0.2, 0.25) is 0 Å². The zero-order valence-electron chi connectivity index (χ0n) is 11.2. The van der Waals surface area contributed by atoms with E-state index in [0.717, 1.165) is 0 Å². The summed E-state index contributed by atoms with van der Waals surface area (Å²) in [5.74, 6) is 6.07. The van der Waals surface area contributed by atoms with Crippen molar-refractivity contribution in [3.63, 3.8) is 0 Å². The van der Waals surface area contributed by atoms with Gasteiger partial charge in [0.25, 0.3) is 5.91 Å². The Morgan fingerprint density at radius 1 is 1.47 bits per heavy atom. The molecular formula is C12H19N5O2. The first-order chi connectivity index (χ1) is 9.13. The molecule has 0 atom stereocenters. The van der Waals surface area contributed by atoms with Crippen molar-refractivity contribution in [2.45, 2.75) is 19.8 Å². The van der Waals surface area contributed by atoms with Crippen LogP contribution in [0.25, 0.3) is 0 Å². The van der Waals surface area contributed by atoms with Gasteiger partial charge in [-0.05, 0) is 0 Å². The van der Waals surface area contributed by atoms with Gasteiger partial charge in [0.1, 0.15) is 5.82 Å². The molecule has 0 aromatic carbocycles. The molecule has 1 aromatic rings. The molecule has 0 saturated carbocycles. The molecule has 2 rings (SSSR count). The Morgan fingerprint density at radius 3 is 2.74 bits per heavy atom. The molecule has 104 valence electrons. The molecule has 0 spiro atoms. The predicted molar refractivity (Wildman–Crippen MR) is 70.7 cm³/mol. The predicted octanol–water partition coefficient (Wildman–Crippen LogP) is 0.358. The van der Waals surface area contributed by atoms with E-state index in [0.29, 0.717) is 43.5 Å². The second-order valence-electron chi connectivity index (χ2n) is 4.69. The zero-order valence-corrected chi connectivity index (χ0v) is 11.2. The molecule has 0 aliphatic carbocycles. The number of carbonyl (C=O) groups excluding carboxylic acids is 1. The van der Waals surface area contributed by atoms with Crippen LogP contribution in [0.4, 0.5) is 5.69 Å². The van der Waals surface area contributed by atoms with Crippen molar-refractivity contribution >= 4 is 11.6 Å². The molecule has 1 aromatic heterocycles. The summed E-state index contributed by atoms with van der Waals surface area (Å²) >= 11 is 0. The lowest BCUT2D eigenvalue weighted by atomic mass is 10.2. The van der Waals surface area contributed by atoms with Crippen LogP contribution in [0.3, 0.4) is 0 Å². The molecule has 0 bridgehead atoms. The number of rotatable bonds is 3. The van der Waals surface area contributed by atoms with Gasteiger partial charge in [0.15, 0.2) is 5.69 Å². The second kappa shape index (κ2) is 5.94. The smallest absolute Gasteiger partial charge is 0.274 e. The van der Waals surface area contributed by atoms with Gasteiger partial charge >= 0.3 is 0 Å². The number of morpholine rings is 1. The van der Waals surface area contributed by atoms with Gasteiger partial charge in [-0.2, -0.15) is 0 Å². The van der Waals surface area contributed by atoms with E-state index in [2.05, 4.69) is 15.4 Å². The average molecular weight is 265 g/mol. The molecule has 7 nitrogen and oxygen atoms in total. The normalized spacial score (nSPS) is 15.7. The topological polar surface area (TPSA) is 93.4 Å². The van der Waals surface area contributed by atoms with Crippen molar-refractivity contribution in [2.75, 3.05) is 31.7 Å². The van der Waals surface area contributed by atoms with Crippen molar-refractivity contribution in [1.29, 1.82) is 0 Å². The number of nitrogens with one attached hydrogen (secondary N) is 1. The Hall–Kier alpha value is -1.73. The highest BCUT2D eigenvalue weighted by Gasteiger charge is 2.23. The summed E-state index contributed by atoms with van der Waals surface area (Å²) in [5, 5.41) is 0. The fourth-order valence-corrected chi connectivity index (χ4v) is 1.86. The van der Waals surface area contributed by atoms with Crippen LogP contribution in [0.15, 0.2) is 6.20 Å². The van der Waals surface area contributed by atoms with Crippen molar-refractivity contribution < 1.29 is 9.53 Å². The highest BCUT2D eigenvalue weighted by Crippen LogP contribution is 2.17. The number of nitrogen functional groups attached to an aromatic ring is 1. The van der Waals surface area contributed by atoms with Crippen molar-refractivity contribution in [3.05, 3.63) is 17.7 Å². The minimum atomic E-state index is -0.138. The molecule has 1 aliphatic heterocycles. The van der Waals surface area contributed by atoms with Gasteiger partial charge in [0.2, 0.25) is 0 Å². The summed E-state index contributed by atoms with van der Waals surface area (Å²) in [5.41, 5.74) is 3.25. The number of carbonyl (C=O) groups is 1. The summed E-state index contributed by atoms with van der Waals surface area (Å²) in [6.45, 7) is 6.22. The maximum absolute atomic E-state index is 12.4. The molecule has 2 heterocycles. The first-order valence-electron chi connectivity index (χ1n) is 6.34. The molecule has 1 fully saturated rings. The van der Waals surface area contributed by atoms with Gasteiger partial charge in [0.05, 0.1) is 25.1 Å². The quantitative estimate of drug-likeness (QED) is 0.605. The van der Waals surface area contributed by atoms with Crippen LogP contribution >= 0.6 is 0 Å². The number of hydrazine groups is 1. The number of hydrogen-bond donors (Lipinski definition) is 2. The Kier molecular flexibility index (Phi) is 4.28. The number of anilines is 1. The van der Waals surface area contributed by atoms with Crippen LogP contribution in [-0.4, -0.2) is 47.1 Å². The van der Waals surface area contributed by atoms with Crippen LogP contribution < -0.4 is 11.3 Å². The largest absolute Gasteiger partial charge is 0.378 e. The van der Waals surface area contributed by atoms with Crippen molar-refractivity contribution in [1.82, 2.24) is 14.9 Å². The summed E-state index contributed by atoms with van der Waals surface area (Å²) in [4.78, 5) is 22.7. The van der Waals surface area contributed by atoms with Crippen LogP contribution in [0.5, 0.6) is 0 Å². The standard InChI is InChI=1S/C12H19N5O2/c1-8(2)11-14-7-9(16-13)10(15-11)12(18)17-3-5-19-6-4-17/h7-8,16H,3-6,13H2,1-2H3. The van der Waals surface area contributed by atoms with E-state index in [-0.39, 0.29) is 11.8 Å². The molecule has 1 amide bonds. The van der Waals surface area contributed by atoms with E-state index in [4.69, 9.17) is 10.6 Å². The summed E-state index contributed by atoms with van der Waals surface area (Å²) in [6.07, 6.45) is 1.55. The fraction of sp³-hybridized carbons (Fsp3) is 0.583. The van der Waals surface area contributed by atoms with E-state index in [1.807, 2.05) is 13.8 Å². The number of nitrogens with zero attached hydrogens (tertiary/aromatic N) is 3. The number of aromatic nitrogens is 2. The van der Waals surface area contributed by atoms with E-state index < -0.39 is 0 Å². The van der Waals surface area contributed by atoms with E-state index in [9.17, 15) is 4.79 Å². The summed E-state index contributed by atoms with van der Waals surface area (Å²) in [7, 11) is 0. The van der Waals surface area contributed by atoms with Crippen molar-refractivity contribution in [2.24, 2.45) is 5.84 Å². The monoisotopic (exact) mass is 265 g/mol. The highest BCUT2D eigenvalue weighted by molar-refractivity contribution is 5.97. The molecule has 1 saturated heterocycles. The Morgan fingerprint density at radius 2 is 2.16 bits per heavy atom. The SMILES string of the molecule is CC(C)c1ncc(NN)c(C(=O)N2CCOCC2)n1. The molecule has 0 radical (unpaired) electrons. The van der Waals surface area contributed by atoms with E-state index in [1.165, 1.54) is 0 Å². The minimum absolute atomic E-state index is 0.138. The molecule has 19 heavy (non-hydrogen) atoms. The number of amides is 1. The Bertz CT molecular complexity index is 457. The van der Waals surface area contributed by atoms with Crippen LogP contribution in [0.1, 0.15) is 36.1 Å². The third-order valence-corrected chi connectivity index (χ3v) is 2.98. The van der Waals surface area contributed by atoms with Gasteiger partial charge in [-0.1, -0.05) is 13.8 Å². The highest BCUT2D eigenvalue weighted by atomic mass is 16.5. The zero-order chi connectivity index (χ0) is 13.8. The van der Waals surface area contributed by atoms with Gasteiger partial charge < -0.3 is 15.1 Å². The first kappa shape index (κ1) is 13.7. The van der Waals surface area contributed by atoms with Crippen molar-refractivity contribution in [3.8, 4) is 0 Å². The summed E-state index contributed by atoms with van der Waals surface area (Å²) < 4.78 is 5.24. The van der Waals surface area contributed by atoms with Gasteiger partial charge in [-0.15, -0.1) is 0 Å². The van der Waals surface area contributed by atoms with Gasteiger partial charge in [-0.25, -0.2) is 9.97 Å². The Labute approximate surface area is 112 Å². The van der Waals surface area contributed by atoms with Gasteiger partial charge in [0, 0.05) is 19.0 Å². The number of ether oxygens (including phenoxy) is 1. The molecule has 1 aliphatic rings. The molecule has 0 unspecified atom stereocenters. The maximum Gasteiger partial charge on any atom is 0.274 e. The molecule has 3 N–H and O–H groups in total.